The van der Waals surface area contributed by atoms with Crippen molar-refractivity contribution in [3.05, 3.63) is 48.0 Å². The number of para-hydroxylation sites is 1. The summed E-state index contributed by atoms with van der Waals surface area (Å²) in [6, 6.07) is 12.2. The van der Waals surface area contributed by atoms with E-state index in [2.05, 4.69) is 15.3 Å². The van der Waals surface area contributed by atoms with Crippen molar-refractivity contribution in [2.24, 2.45) is 9.98 Å². The Morgan fingerprint density at radius 2 is 1.93 bits per heavy atom. The molecule has 2 amide bonds. The lowest BCUT2D eigenvalue weighted by molar-refractivity contribution is -0.124. The molecule has 30 heavy (non-hydrogen) atoms. The molecule has 0 saturated carbocycles. The number of hydrogen-bond acceptors (Lipinski definition) is 7. The predicted octanol–water partition coefficient (Wildman–Crippen LogP) is 3.05. The molecule has 0 fully saturated rings. The summed E-state index contributed by atoms with van der Waals surface area (Å²) < 4.78 is 10.5. The van der Waals surface area contributed by atoms with Gasteiger partial charge in [0, 0.05) is 17.3 Å². The molecule has 0 aromatic heterocycles. The minimum Gasteiger partial charge on any atom is -0.493 e. The lowest BCUT2D eigenvalue weighted by Gasteiger charge is -2.25. The number of amides is 2. The molecule has 0 radical (unpaired) electrons. The van der Waals surface area contributed by atoms with E-state index in [1.807, 2.05) is 24.3 Å². The highest BCUT2D eigenvalue weighted by Crippen LogP contribution is 2.33. The van der Waals surface area contributed by atoms with Crippen LogP contribution in [0.5, 0.6) is 11.5 Å². The number of anilines is 1. The van der Waals surface area contributed by atoms with Gasteiger partial charge in [-0.05, 0) is 31.2 Å². The SMILES string of the molecule is COc1ccc(NC(=O)CSC2=Nc3ccccc3C3=N[C@H](C)C(=O)N23)cc1OC. The predicted molar refractivity (Wildman–Crippen MR) is 117 cm³/mol. The van der Waals surface area contributed by atoms with Crippen molar-refractivity contribution in [2.75, 3.05) is 25.3 Å². The highest BCUT2D eigenvalue weighted by molar-refractivity contribution is 8.14. The largest absolute Gasteiger partial charge is 0.493 e. The van der Waals surface area contributed by atoms with Crippen molar-refractivity contribution in [2.45, 2.75) is 13.0 Å². The molecule has 154 valence electrons. The Bertz CT molecular complexity index is 1080. The highest BCUT2D eigenvalue weighted by atomic mass is 32.2. The Kier molecular flexibility index (Phi) is 5.45. The summed E-state index contributed by atoms with van der Waals surface area (Å²) in [6.07, 6.45) is 0. The van der Waals surface area contributed by atoms with E-state index in [-0.39, 0.29) is 17.6 Å². The Labute approximate surface area is 178 Å². The van der Waals surface area contributed by atoms with Gasteiger partial charge < -0.3 is 14.8 Å². The molecular weight excluding hydrogens is 404 g/mol. The van der Waals surface area contributed by atoms with Crippen LogP contribution in [-0.4, -0.2) is 53.7 Å². The molecule has 0 bridgehead atoms. The van der Waals surface area contributed by atoms with Gasteiger partial charge in [0.05, 0.1) is 25.7 Å². The molecule has 0 saturated heterocycles. The summed E-state index contributed by atoms with van der Waals surface area (Å²) >= 11 is 1.19. The Balaban J connectivity index is 1.49. The first kappa shape index (κ1) is 20.0. The summed E-state index contributed by atoms with van der Waals surface area (Å²) in [6.45, 7) is 1.75. The van der Waals surface area contributed by atoms with Crippen molar-refractivity contribution in [1.29, 1.82) is 0 Å². The maximum Gasteiger partial charge on any atom is 0.258 e. The zero-order valence-corrected chi connectivity index (χ0v) is 17.5. The lowest BCUT2D eigenvalue weighted by atomic mass is 10.1. The second kappa shape index (κ2) is 8.19. The van der Waals surface area contributed by atoms with Gasteiger partial charge in [-0.3, -0.25) is 14.6 Å². The van der Waals surface area contributed by atoms with Crippen LogP contribution < -0.4 is 14.8 Å². The lowest BCUT2D eigenvalue weighted by Crippen LogP contribution is -2.41. The van der Waals surface area contributed by atoms with Crippen LogP contribution in [0.2, 0.25) is 0 Å². The van der Waals surface area contributed by atoms with E-state index in [0.29, 0.717) is 28.2 Å². The maximum absolute atomic E-state index is 12.6. The number of benzene rings is 2. The standard InChI is InChI=1S/C21H20N4O4S/c1-12-20(27)25-19(22-12)14-6-4-5-7-15(14)24-21(25)30-11-18(26)23-13-8-9-16(28-2)17(10-13)29-3/h4-10,12H,11H2,1-3H3,(H,23,26)/t12-/m1/s1. The van der Waals surface area contributed by atoms with E-state index >= 15 is 0 Å². The quantitative estimate of drug-likeness (QED) is 0.796. The molecule has 4 rings (SSSR count). The van der Waals surface area contributed by atoms with Gasteiger partial charge in [0.1, 0.15) is 11.9 Å². The summed E-state index contributed by atoms with van der Waals surface area (Å²) in [7, 11) is 3.08. The van der Waals surface area contributed by atoms with Gasteiger partial charge in [0.2, 0.25) is 5.91 Å². The van der Waals surface area contributed by atoms with E-state index < -0.39 is 6.04 Å². The number of hydrogen-bond donors (Lipinski definition) is 1. The number of ether oxygens (including phenoxy) is 2. The third kappa shape index (κ3) is 3.63. The highest BCUT2D eigenvalue weighted by Gasteiger charge is 2.39. The van der Waals surface area contributed by atoms with Crippen LogP contribution >= 0.6 is 11.8 Å². The van der Waals surface area contributed by atoms with E-state index in [4.69, 9.17) is 9.47 Å². The Morgan fingerprint density at radius 3 is 2.70 bits per heavy atom. The molecule has 2 aromatic rings. The van der Waals surface area contributed by atoms with Crippen LogP contribution in [0.3, 0.4) is 0 Å². The van der Waals surface area contributed by atoms with Crippen molar-refractivity contribution < 1.29 is 19.1 Å². The topological polar surface area (TPSA) is 92.6 Å². The number of carbonyl (C=O) groups is 2. The van der Waals surface area contributed by atoms with Crippen molar-refractivity contribution in [3.8, 4) is 11.5 Å². The fourth-order valence-corrected chi connectivity index (χ4v) is 4.01. The molecule has 2 aliphatic rings. The van der Waals surface area contributed by atoms with Gasteiger partial charge in [0.15, 0.2) is 16.7 Å². The number of fused-ring (bicyclic) bond motifs is 3. The van der Waals surface area contributed by atoms with Gasteiger partial charge in [-0.15, -0.1) is 0 Å². The first-order valence-corrected chi connectivity index (χ1v) is 10.2. The van der Waals surface area contributed by atoms with Crippen molar-refractivity contribution >= 4 is 46.0 Å². The van der Waals surface area contributed by atoms with Crippen molar-refractivity contribution in [1.82, 2.24) is 4.90 Å². The molecule has 1 atom stereocenters. The van der Waals surface area contributed by atoms with Crippen LogP contribution in [0.4, 0.5) is 11.4 Å². The first-order valence-electron chi connectivity index (χ1n) is 9.26. The minimum absolute atomic E-state index is 0.0841. The van der Waals surface area contributed by atoms with Gasteiger partial charge in [-0.1, -0.05) is 23.9 Å². The molecule has 1 N–H and O–H groups in total. The zero-order valence-electron chi connectivity index (χ0n) is 16.7. The molecule has 0 unspecified atom stereocenters. The van der Waals surface area contributed by atoms with Crippen LogP contribution in [0.1, 0.15) is 12.5 Å². The van der Waals surface area contributed by atoms with Gasteiger partial charge in [-0.25, -0.2) is 9.89 Å². The Morgan fingerprint density at radius 1 is 1.17 bits per heavy atom. The van der Waals surface area contributed by atoms with E-state index in [1.165, 1.54) is 23.8 Å². The summed E-state index contributed by atoms with van der Waals surface area (Å²) in [5.41, 5.74) is 2.13. The molecule has 2 aliphatic heterocycles. The number of aliphatic imine (C=N–C) groups is 2. The number of nitrogens with one attached hydrogen (secondary N) is 1. The van der Waals surface area contributed by atoms with E-state index in [0.717, 1.165) is 11.3 Å². The number of nitrogens with zero attached hydrogens (tertiary/aromatic N) is 3. The van der Waals surface area contributed by atoms with Crippen LogP contribution in [-0.2, 0) is 9.59 Å². The van der Waals surface area contributed by atoms with Crippen molar-refractivity contribution in [3.63, 3.8) is 0 Å². The molecule has 2 heterocycles. The number of rotatable bonds is 5. The average Bonchev–Trinajstić information content (AvgIpc) is 3.06. The molecule has 0 spiro atoms. The number of amidine groups is 2. The second-order valence-corrected chi connectivity index (χ2v) is 7.56. The first-order chi connectivity index (χ1) is 14.5. The summed E-state index contributed by atoms with van der Waals surface area (Å²) in [5, 5.41) is 3.27. The van der Waals surface area contributed by atoms with E-state index in [1.54, 1.807) is 32.2 Å². The smallest absolute Gasteiger partial charge is 0.258 e. The Hall–Kier alpha value is -3.33. The molecule has 9 heteroatoms. The fourth-order valence-electron chi connectivity index (χ4n) is 3.21. The molecule has 8 nitrogen and oxygen atoms in total. The minimum atomic E-state index is -0.474. The van der Waals surface area contributed by atoms with Crippen LogP contribution in [0.25, 0.3) is 0 Å². The third-order valence-corrected chi connectivity index (χ3v) is 5.60. The van der Waals surface area contributed by atoms with Gasteiger partial charge in [-0.2, -0.15) is 0 Å². The van der Waals surface area contributed by atoms with Crippen LogP contribution in [0.15, 0.2) is 52.4 Å². The summed E-state index contributed by atoms with van der Waals surface area (Å²) in [5.74, 6) is 1.39. The monoisotopic (exact) mass is 424 g/mol. The number of carbonyl (C=O) groups excluding carboxylic acids is 2. The fraction of sp³-hybridized carbons (Fsp3) is 0.238. The number of methoxy groups -OCH3 is 2. The van der Waals surface area contributed by atoms with Crippen LogP contribution in [0, 0.1) is 0 Å². The maximum atomic E-state index is 12.6. The zero-order chi connectivity index (χ0) is 21.3. The normalized spacial score (nSPS) is 17.0. The molecule has 2 aromatic carbocycles. The van der Waals surface area contributed by atoms with Gasteiger partial charge in [0.25, 0.3) is 5.91 Å². The number of thioether (sulfide) groups is 1. The average molecular weight is 424 g/mol. The third-order valence-electron chi connectivity index (χ3n) is 4.66. The second-order valence-electron chi connectivity index (χ2n) is 6.62. The molecular formula is C21H20N4O4S. The summed E-state index contributed by atoms with van der Waals surface area (Å²) in [4.78, 5) is 35.7. The van der Waals surface area contributed by atoms with E-state index in [9.17, 15) is 9.59 Å². The molecule has 0 aliphatic carbocycles. The van der Waals surface area contributed by atoms with Gasteiger partial charge >= 0.3 is 0 Å².